The van der Waals surface area contributed by atoms with Crippen LogP contribution in [0.15, 0.2) is 28.7 Å². The van der Waals surface area contributed by atoms with Gasteiger partial charge in [0.05, 0.1) is 6.10 Å². The predicted molar refractivity (Wildman–Crippen MR) is 64.6 cm³/mol. The van der Waals surface area contributed by atoms with Crippen molar-refractivity contribution in [3.8, 4) is 0 Å². The Morgan fingerprint density at radius 2 is 1.80 bits per heavy atom. The van der Waals surface area contributed by atoms with E-state index in [2.05, 4.69) is 45.1 Å². The molecule has 1 aromatic rings. The Labute approximate surface area is 98.3 Å². The largest absolute Gasteiger partial charge is 0.371 e. The van der Waals surface area contributed by atoms with E-state index in [0.29, 0.717) is 0 Å². The Hall–Kier alpha value is -0.580. The van der Waals surface area contributed by atoms with Gasteiger partial charge in [0.2, 0.25) is 0 Å². The van der Waals surface area contributed by atoms with Crippen LogP contribution in [0, 0.1) is 0 Å². The van der Waals surface area contributed by atoms with Crippen molar-refractivity contribution in [3.63, 3.8) is 0 Å². The fourth-order valence-electron chi connectivity index (χ4n) is 1.90. The van der Waals surface area contributed by atoms with Crippen LogP contribution in [0.4, 0.5) is 5.69 Å². The maximum Gasteiger partial charge on any atom is 0.0821 e. The normalized spacial score (nSPS) is 18.1. The molecule has 0 aromatic heterocycles. The number of hydrogen-bond acceptors (Lipinski definition) is 3. The van der Waals surface area contributed by atoms with E-state index >= 15 is 0 Å². The van der Waals surface area contributed by atoms with Crippen LogP contribution in [0.3, 0.4) is 0 Å². The summed E-state index contributed by atoms with van der Waals surface area (Å²) in [5, 5.41) is 0. The van der Waals surface area contributed by atoms with Gasteiger partial charge >= 0.3 is 0 Å². The number of halogens is 1. The van der Waals surface area contributed by atoms with Crippen LogP contribution < -0.4 is 10.8 Å². The highest BCUT2D eigenvalue weighted by atomic mass is 79.9. The van der Waals surface area contributed by atoms with Crippen molar-refractivity contribution in [1.82, 2.24) is 0 Å². The molecular weight excluding hydrogens is 256 g/mol. The SMILES string of the molecule is NOC1CCN(c2ccc(Br)cc2)CC1. The monoisotopic (exact) mass is 270 g/mol. The van der Waals surface area contributed by atoms with Crippen molar-refractivity contribution in [3.05, 3.63) is 28.7 Å². The Morgan fingerprint density at radius 1 is 1.20 bits per heavy atom. The molecule has 1 aromatic carbocycles. The second-order valence-corrected chi connectivity index (χ2v) is 4.71. The lowest BCUT2D eigenvalue weighted by atomic mass is 10.1. The van der Waals surface area contributed by atoms with Crippen molar-refractivity contribution < 1.29 is 4.84 Å². The lowest BCUT2D eigenvalue weighted by Crippen LogP contribution is -2.37. The minimum atomic E-state index is 0.233. The average Bonchev–Trinajstić information content (AvgIpc) is 2.30. The smallest absolute Gasteiger partial charge is 0.0821 e. The van der Waals surface area contributed by atoms with Gasteiger partial charge in [-0.3, -0.25) is 0 Å². The zero-order chi connectivity index (χ0) is 10.7. The first kappa shape index (κ1) is 10.9. The number of rotatable bonds is 2. The summed E-state index contributed by atoms with van der Waals surface area (Å²) < 4.78 is 1.12. The van der Waals surface area contributed by atoms with Crippen molar-refractivity contribution in [1.29, 1.82) is 0 Å². The van der Waals surface area contributed by atoms with E-state index in [-0.39, 0.29) is 6.10 Å². The second-order valence-electron chi connectivity index (χ2n) is 3.80. The van der Waals surface area contributed by atoms with Gasteiger partial charge in [0.15, 0.2) is 0 Å². The number of nitrogens with two attached hydrogens (primary N) is 1. The summed E-state index contributed by atoms with van der Waals surface area (Å²) in [5.41, 5.74) is 1.27. The molecular formula is C11H15BrN2O. The first-order valence-electron chi connectivity index (χ1n) is 5.15. The first-order chi connectivity index (χ1) is 7.29. The summed E-state index contributed by atoms with van der Waals surface area (Å²) in [5.74, 6) is 5.18. The van der Waals surface area contributed by atoms with Crippen LogP contribution >= 0.6 is 15.9 Å². The number of anilines is 1. The molecule has 4 heteroatoms. The number of piperidine rings is 1. The molecule has 1 aliphatic heterocycles. The van der Waals surface area contributed by atoms with Crippen molar-refractivity contribution in [2.24, 2.45) is 5.90 Å². The van der Waals surface area contributed by atoms with Crippen LogP contribution in [-0.2, 0) is 4.84 Å². The third-order valence-corrected chi connectivity index (χ3v) is 3.35. The van der Waals surface area contributed by atoms with Gasteiger partial charge in [-0.1, -0.05) is 15.9 Å². The van der Waals surface area contributed by atoms with E-state index < -0.39 is 0 Å². The minimum Gasteiger partial charge on any atom is -0.371 e. The molecule has 0 radical (unpaired) electrons. The van der Waals surface area contributed by atoms with Crippen LogP contribution in [0.25, 0.3) is 0 Å². The summed E-state index contributed by atoms with van der Waals surface area (Å²) in [6, 6.07) is 8.41. The summed E-state index contributed by atoms with van der Waals surface area (Å²) in [6.07, 6.45) is 2.25. The predicted octanol–water partition coefficient (Wildman–Crippen LogP) is 2.31. The van der Waals surface area contributed by atoms with Crippen LogP contribution in [-0.4, -0.2) is 19.2 Å². The molecule has 1 fully saturated rings. The molecule has 82 valence electrons. The summed E-state index contributed by atoms with van der Waals surface area (Å²) in [7, 11) is 0. The molecule has 1 aliphatic rings. The number of benzene rings is 1. The van der Waals surface area contributed by atoms with Crippen LogP contribution in [0.1, 0.15) is 12.8 Å². The first-order valence-corrected chi connectivity index (χ1v) is 5.95. The van der Waals surface area contributed by atoms with E-state index in [1.165, 1.54) is 5.69 Å². The van der Waals surface area contributed by atoms with Gasteiger partial charge in [-0.05, 0) is 37.1 Å². The fourth-order valence-corrected chi connectivity index (χ4v) is 2.17. The molecule has 0 amide bonds. The molecule has 15 heavy (non-hydrogen) atoms. The van der Waals surface area contributed by atoms with Gasteiger partial charge in [-0.2, -0.15) is 0 Å². The standard InChI is InChI=1S/C11H15BrN2O/c12-9-1-3-10(4-2-9)14-7-5-11(15-13)6-8-14/h1-4,11H,5-8,13H2. The van der Waals surface area contributed by atoms with E-state index in [1.54, 1.807) is 0 Å². The van der Waals surface area contributed by atoms with Crippen molar-refractivity contribution in [2.75, 3.05) is 18.0 Å². The Morgan fingerprint density at radius 3 is 2.33 bits per heavy atom. The van der Waals surface area contributed by atoms with E-state index in [1.807, 2.05) is 0 Å². The second kappa shape index (κ2) is 4.96. The lowest BCUT2D eigenvalue weighted by molar-refractivity contribution is 0.0368. The molecule has 0 bridgehead atoms. The third kappa shape index (κ3) is 2.71. The Balaban J connectivity index is 1.98. The van der Waals surface area contributed by atoms with Gasteiger partial charge in [-0.15, -0.1) is 0 Å². The molecule has 0 spiro atoms. The zero-order valence-corrected chi connectivity index (χ0v) is 10.1. The van der Waals surface area contributed by atoms with E-state index in [0.717, 1.165) is 30.4 Å². The number of nitrogens with zero attached hydrogens (tertiary/aromatic N) is 1. The summed E-state index contributed by atoms with van der Waals surface area (Å²) in [6.45, 7) is 2.03. The lowest BCUT2D eigenvalue weighted by Gasteiger charge is -2.32. The Kier molecular flexibility index (Phi) is 3.61. The van der Waals surface area contributed by atoms with Crippen LogP contribution in [0.5, 0.6) is 0 Å². The van der Waals surface area contributed by atoms with Crippen molar-refractivity contribution >= 4 is 21.6 Å². The average molecular weight is 271 g/mol. The number of hydrogen-bond donors (Lipinski definition) is 1. The molecule has 1 heterocycles. The van der Waals surface area contributed by atoms with E-state index in [9.17, 15) is 0 Å². The molecule has 2 rings (SSSR count). The fraction of sp³-hybridized carbons (Fsp3) is 0.455. The highest BCUT2D eigenvalue weighted by Crippen LogP contribution is 2.22. The molecule has 2 N–H and O–H groups in total. The maximum absolute atomic E-state index is 5.18. The van der Waals surface area contributed by atoms with Gasteiger partial charge in [0, 0.05) is 23.2 Å². The molecule has 0 unspecified atom stereocenters. The van der Waals surface area contributed by atoms with Gasteiger partial charge in [0.1, 0.15) is 0 Å². The quantitative estimate of drug-likeness (QED) is 0.839. The van der Waals surface area contributed by atoms with Gasteiger partial charge < -0.3 is 9.74 Å². The molecule has 0 atom stereocenters. The summed E-state index contributed by atoms with van der Waals surface area (Å²) >= 11 is 3.44. The highest BCUT2D eigenvalue weighted by Gasteiger charge is 2.19. The maximum atomic E-state index is 5.18. The molecule has 1 saturated heterocycles. The molecule has 0 aliphatic carbocycles. The van der Waals surface area contributed by atoms with Crippen LogP contribution in [0.2, 0.25) is 0 Å². The Bertz CT molecular complexity index is 307. The third-order valence-electron chi connectivity index (χ3n) is 2.83. The topological polar surface area (TPSA) is 38.5 Å². The zero-order valence-electron chi connectivity index (χ0n) is 8.53. The van der Waals surface area contributed by atoms with Gasteiger partial charge in [-0.25, -0.2) is 5.90 Å². The highest BCUT2D eigenvalue weighted by molar-refractivity contribution is 9.10. The minimum absolute atomic E-state index is 0.233. The molecule has 3 nitrogen and oxygen atoms in total. The summed E-state index contributed by atoms with van der Waals surface area (Å²) in [4.78, 5) is 7.22. The molecule has 0 saturated carbocycles. The van der Waals surface area contributed by atoms with Gasteiger partial charge in [0.25, 0.3) is 0 Å². The van der Waals surface area contributed by atoms with E-state index in [4.69, 9.17) is 10.7 Å². The van der Waals surface area contributed by atoms with Crippen molar-refractivity contribution in [2.45, 2.75) is 18.9 Å².